The number of nitrogens with one attached hydrogen (secondary N) is 1. The number of nitrogens with zero attached hydrogens (tertiary/aromatic N) is 2. The van der Waals surface area contributed by atoms with Crippen molar-refractivity contribution in [3.8, 4) is 22.8 Å². The Morgan fingerprint density at radius 2 is 1.90 bits per heavy atom. The molecule has 2 aliphatic heterocycles. The number of allylic oxidation sites excluding steroid dienone is 1. The molecule has 0 saturated heterocycles. The number of para-hydroxylation sites is 1. The summed E-state index contributed by atoms with van der Waals surface area (Å²) in [6.45, 7) is 5.92. The number of carbonyl (C=O) groups is 1. The summed E-state index contributed by atoms with van der Waals surface area (Å²) in [6, 6.07) is 20.9. The lowest BCUT2D eigenvalue weighted by atomic mass is 9.95. The van der Waals surface area contributed by atoms with Crippen molar-refractivity contribution in [3.05, 3.63) is 114 Å². The molecule has 3 aromatic carbocycles. The molecule has 1 atom stereocenters. The van der Waals surface area contributed by atoms with E-state index in [1.165, 1.54) is 11.3 Å². The maximum atomic E-state index is 14.3. The van der Waals surface area contributed by atoms with Crippen molar-refractivity contribution in [2.75, 3.05) is 13.4 Å². The number of hydrogen-bond donors (Lipinski definition) is 1. The fourth-order valence-corrected chi connectivity index (χ4v) is 6.72. The van der Waals surface area contributed by atoms with Crippen LogP contribution in [-0.4, -0.2) is 28.9 Å². The minimum Gasteiger partial charge on any atom is -0.463 e. The van der Waals surface area contributed by atoms with Crippen LogP contribution in [0, 0.1) is 6.92 Å². The third-order valence-electron chi connectivity index (χ3n) is 7.65. The van der Waals surface area contributed by atoms with Gasteiger partial charge in [0.25, 0.3) is 5.56 Å². The summed E-state index contributed by atoms with van der Waals surface area (Å²) in [5.74, 6) is 0.677. The molecule has 0 radical (unpaired) electrons. The maximum absolute atomic E-state index is 14.3. The van der Waals surface area contributed by atoms with E-state index >= 15 is 0 Å². The molecule has 2 aliphatic rings. The van der Waals surface area contributed by atoms with E-state index in [4.69, 9.17) is 19.2 Å². The topological polar surface area (TPSA) is 94.9 Å². The predicted molar refractivity (Wildman–Crippen MR) is 161 cm³/mol. The lowest BCUT2D eigenvalue weighted by Crippen LogP contribution is -2.39. The second-order valence-corrected chi connectivity index (χ2v) is 11.2. The number of rotatable bonds is 5. The molecular formula is C33H27N3O5S. The van der Waals surface area contributed by atoms with Gasteiger partial charge in [-0.15, -0.1) is 0 Å². The van der Waals surface area contributed by atoms with Crippen molar-refractivity contribution in [2.24, 2.45) is 4.99 Å². The number of H-pyrrole nitrogens is 1. The van der Waals surface area contributed by atoms with Crippen LogP contribution >= 0.6 is 11.3 Å². The number of esters is 1. The average Bonchev–Trinajstić information content (AvgIpc) is 3.69. The second kappa shape index (κ2) is 10.2. The molecule has 1 N–H and O–H groups in total. The first-order valence-electron chi connectivity index (χ1n) is 13.7. The Hall–Kier alpha value is -4.89. The monoisotopic (exact) mass is 577 g/mol. The number of ether oxygens (including phenoxy) is 3. The predicted octanol–water partition coefficient (Wildman–Crippen LogP) is 4.98. The van der Waals surface area contributed by atoms with Gasteiger partial charge in [0.2, 0.25) is 6.79 Å². The van der Waals surface area contributed by atoms with Gasteiger partial charge < -0.3 is 19.2 Å². The van der Waals surface area contributed by atoms with Crippen LogP contribution in [-0.2, 0) is 9.53 Å². The molecule has 7 rings (SSSR count). The van der Waals surface area contributed by atoms with Crippen LogP contribution in [0.1, 0.15) is 36.6 Å². The van der Waals surface area contributed by atoms with Gasteiger partial charge in [0.05, 0.1) is 34.1 Å². The molecule has 5 aromatic rings. The second-order valence-electron chi connectivity index (χ2n) is 10.2. The lowest BCUT2D eigenvalue weighted by Gasteiger charge is -2.24. The van der Waals surface area contributed by atoms with Crippen LogP contribution in [0.15, 0.2) is 87.8 Å². The van der Waals surface area contributed by atoms with Crippen molar-refractivity contribution >= 4 is 34.3 Å². The van der Waals surface area contributed by atoms with Gasteiger partial charge in [-0.1, -0.05) is 65.9 Å². The highest BCUT2D eigenvalue weighted by molar-refractivity contribution is 7.07. The van der Waals surface area contributed by atoms with Crippen LogP contribution in [0.25, 0.3) is 28.2 Å². The number of thiazole rings is 1. The molecule has 2 aromatic heterocycles. The minimum absolute atomic E-state index is 0.120. The third-order valence-corrected chi connectivity index (χ3v) is 8.63. The Balaban J connectivity index is 1.47. The summed E-state index contributed by atoms with van der Waals surface area (Å²) in [6.07, 6.45) is 1.94. The summed E-state index contributed by atoms with van der Waals surface area (Å²) >= 11 is 1.30. The van der Waals surface area contributed by atoms with E-state index in [0.29, 0.717) is 37.7 Å². The van der Waals surface area contributed by atoms with Gasteiger partial charge in [-0.25, -0.2) is 9.79 Å². The molecule has 0 bridgehead atoms. The molecule has 9 heteroatoms. The van der Waals surface area contributed by atoms with Gasteiger partial charge in [-0.2, -0.15) is 0 Å². The van der Waals surface area contributed by atoms with E-state index in [1.807, 2.05) is 54.6 Å². The highest BCUT2D eigenvalue weighted by Gasteiger charge is 2.34. The number of aromatic nitrogens is 2. The van der Waals surface area contributed by atoms with Crippen molar-refractivity contribution in [2.45, 2.75) is 26.8 Å². The molecule has 42 heavy (non-hydrogen) atoms. The number of aryl methyl sites for hydroxylation is 1. The first-order chi connectivity index (χ1) is 20.4. The summed E-state index contributed by atoms with van der Waals surface area (Å²) in [4.78, 5) is 36.4. The molecular weight excluding hydrogens is 550 g/mol. The zero-order chi connectivity index (χ0) is 29.0. The van der Waals surface area contributed by atoms with Gasteiger partial charge in [0, 0.05) is 16.5 Å². The van der Waals surface area contributed by atoms with Crippen molar-refractivity contribution in [1.29, 1.82) is 0 Å². The Morgan fingerprint density at radius 3 is 2.71 bits per heavy atom. The SMILES string of the molecule is CCOC(=O)C1=C(C)N=c2s/c(=C/c3c(-c4ccccc4)[nH]c4c(C)cccc34)c(=O)n2[C@H]1c1ccc2c(c1)OCO2. The molecule has 0 aliphatic carbocycles. The van der Waals surface area contributed by atoms with Crippen LogP contribution in [0.2, 0.25) is 0 Å². The molecule has 0 fully saturated rings. The third kappa shape index (κ3) is 4.16. The molecule has 0 unspecified atom stereocenters. The van der Waals surface area contributed by atoms with Crippen LogP contribution < -0.4 is 24.4 Å². The first-order valence-corrected chi connectivity index (χ1v) is 14.5. The molecule has 8 nitrogen and oxygen atoms in total. The number of carbonyl (C=O) groups excluding carboxylic acids is 1. The van der Waals surface area contributed by atoms with E-state index in [-0.39, 0.29) is 19.0 Å². The average molecular weight is 578 g/mol. The minimum atomic E-state index is -0.740. The zero-order valence-corrected chi connectivity index (χ0v) is 24.1. The fourth-order valence-electron chi connectivity index (χ4n) is 5.69. The molecule has 0 spiro atoms. The van der Waals surface area contributed by atoms with Gasteiger partial charge in [-0.05, 0) is 55.7 Å². The van der Waals surface area contributed by atoms with Crippen molar-refractivity contribution in [3.63, 3.8) is 0 Å². The molecule has 210 valence electrons. The number of fused-ring (bicyclic) bond motifs is 3. The smallest absolute Gasteiger partial charge is 0.338 e. The maximum Gasteiger partial charge on any atom is 0.338 e. The number of hydrogen-bond acceptors (Lipinski definition) is 7. The molecule has 0 saturated carbocycles. The normalized spacial score (nSPS) is 16.1. The van der Waals surface area contributed by atoms with Gasteiger partial charge in [0.1, 0.15) is 0 Å². The summed E-state index contributed by atoms with van der Waals surface area (Å²) < 4.78 is 18.7. The molecule has 0 amide bonds. The Kier molecular flexibility index (Phi) is 6.31. The van der Waals surface area contributed by atoms with Gasteiger partial charge in [-0.3, -0.25) is 9.36 Å². The number of benzene rings is 3. The van der Waals surface area contributed by atoms with Crippen LogP contribution in [0.4, 0.5) is 0 Å². The Morgan fingerprint density at radius 1 is 1.10 bits per heavy atom. The largest absolute Gasteiger partial charge is 0.463 e. The van der Waals surface area contributed by atoms with Crippen LogP contribution in [0.3, 0.4) is 0 Å². The van der Waals surface area contributed by atoms with Crippen molar-refractivity contribution in [1.82, 2.24) is 9.55 Å². The van der Waals surface area contributed by atoms with E-state index < -0.39 is 12.0 Å². The van der Waals surface area contributed by atoms with E-state index in [0.717, 1.165) is 33.3 Å². The fraction of sp³-hybridized carbons (Fsp3) is 0.182. The summed E-state index contributed by atoms with van der Waals surface area (Å²) in [5.41, 5.74) is 6.31. The first kappa shape index (κ1) is 26.0. The molecule has 4 heterocycles. The highest BCUT2D eigenvalue weighted by Crippen LogP contribution is 2.38. The zero-order valence-electron chi connectivity index (χ0n) is 23.3. The van der Waals surface area contributed by atoms with Gasteiger partial charge in [0.15, 0.2) is 16.3 Å². The standard InChI is InChI=1S/C33H27N3O5S/c1-4-39-32(38)27-19(3)34-33-36(30(27)21-13-14-24-25(15-21)41-17-40-24)31(37)26(42-33)16-23-22-12-8-9-18(2)28(22)35-29(23)20-10-6-5-7-11-20/h5-16,30,35H,4,17H2,1-3H3/b26-16+/t30-/m0/s1. The quantitative estimate of drug-likeness (QED) is 0.297. The summed E-state index contributed by atoms with van der Waals surface area (Å²) in [5, 5.41) is 1.02. The van der Waals surface area contributed by atoms with E-state index in [2.05, 4.69) is 24.0 Å². The van der Waals surface area contributed by atoms with Crippen molar-refractivity contribution < 1.29 is 19.0 Å². The summed E-state index contributed by atoms with van der Waals surface area (Å²) in [7, 11) is 0. The Labute approximate surface area is 244 Å². The van der Waals surface area contributed by atoms with E-state index in [9.17, 15) is 9.59 Å². The lowest BCUT2D eigenvalue weighted by molar-refractivity contribution is -0.139. The Bertz CT molecular complexity index is 2100. The van der Waals surface area contributed by atoms with Gasteiger partial charge >= 0.3 is 5.97 Å². The van der Waals surface area contributed by atoms with E-state index in [1.54, 1.807) is 24.5 Å². The number of aromatic amines is 1. The van der Waals surface area contributed by atoms with Crippen LogP contribution in [0.5, 0.6) is 11.5 Å². The highest BCUT2D eigenvalue weighted by atomic mass is 32.1.